The molecule has 0 aromatic rings. The molecule has 0 radical (unpaired) electrons. The molecular formula is C12H24N2O2. The van der Waals surface area contributed by atoms with Gasteiger partial charge in [-0.3, -0.25) is 9.69 Å². The molecule has 1 aliphatic heterocycles. The van der Waals surface area contributed by atoms with E-state index in [0.29, 0.717) is 6.73 Å². The number of hydrogen-bond donors (Lipinski definition) is 0. The maximum absolute atomic E-state index is 11.6. The van der Waals surface area contributed by atoms with Gasteiger partial charge in [0.1, 0.15) is 6.73 Å². The molecule has 16 heavy (non-hydrogen) atoms. The first-order chi connectivity index (χ1) is 7.43. The number of ether oxygens (including phenoxy) is 1. The maximum Gasteiger partial charge on any atom is 0.312 e. The summed E-state index contributed by atoms with van der Waals surface area (Å²) in [6, 6.07) is 0. The van der Waals surface area contributed by atoms with Crippen molar-refractivity contribution in [3.63, 3.8) is 0 Å². The van der Waals surface area contributed by atoms with E-state index in [1.54, 1.807) is 0 Å². The molecule has 0 aliphatic carbocycles. The highest BCUT2D eigenvalue weighted by Crippen LogP contribution is 2.15. The lowest BCUT2D eigenvalue weighted by molar-refractivity contribution is -0.158. The lowest BCUT2D eigenvalue weighted by Crippen LogP contribution is -2.47. The van der Waals surface area contributed by atoms with Crippen molar-refractivity contribution in [3.8, 4) is 0 Å². The van der Waals surface area contributed by atoms with E-state index in [9.17, 15) is 4.79 Å². The van der Waals surface area contributed by atoms with E-state index in [-0.39, 0.29) is 5.97 Å². The number of hydrogen-bond acceptors (Lipinski definition) is 4. The Labute approximate surface area is 98.5 Å². The van der Waals surface area contributed by atoms with Crippen LogP contribution in [0.25, 0.3) is 0 Å². The van der Waals surface area contributed by atoms with Gasteiger partial charge in [-0.05, 0) is 27.3 Å². The number of carbonyl (C=O) groups is 1. The molecular weight excluding hydrogens is 204 g/mol. The molecule has 0 aromatic heterocycles. The highest BCUT2D eigenvalue weighted by atomic mass is 16.5. The largest absolute Gasteiger partial charge is 0.449 e. The number of rotatable bonds is 3. The van der Waals surface area contributed by atoms with E-state index < -0.39 is 5.41 Å². The molecule has 0 saturated carbocycles. The summed E-state index contributed by atoms with van der Waals surface area (Å²) in [5, 5.41) is 0. The molecule has 0 spiro atoms. The summed E-state index contributed by atoms with van der Waals surface area (Å²) in [5.74, 6) is -0.120. The molecule has 1 fully saturated rings. The van der Waals surface area contributed by atoms with Crippen LogP contribution in [0.5, 0.6) is 0 Å². The van der Waals surface area contributed by atoms with Crippen LogP contribution in [0.4, 0.5) is 0 Å². The van der Waals surface area contributed by atoms with Gasteiger partial charge in [0.05, 0.1) is 5.41 Å². The fourth-order valence-electron chi connectivity index (χ4n) is 1.60. The van der Waals surface area contributed by atoms with Crippen molar-refractivity contribution in [1.82, 2.24) is 9.80 Å². The Balaban J connectivity index is 2.22. The molecule has 1 rings (SSSR count). The molecule has 0 unspecified atom stereocenters. The van der Waals surface area contributed by atoms with Gasteiger partial charge in [-0.1, -0.05) is 6.92 Å². The number of piperazine rings is 1. The van der Waals surface area contributed by atoms with E-state index in [4.69, 9.17) is 4.74 Å². The van der Waals surface area contributed by atoms with Crippen LogP contribution in [0.15, 0.2) is 0 Å². The van der Waals surface area contributed by atoms with Crippen molar-refractivity contribution in [2.24, 2.45) is 5.41 Å². The average Bonchev–Trinajstić information content (AvgIpc) is 2.25. The molecule has 4 heteroatoms. The summed E-state index contributed by atoms with van der Waals surface area (Å²) in [4.78, 5) is 16.2. The van der Waals surface area contributed by atoms with Crippen molar-refractivity contribution >= 4 is 5.97 Å². The Bertz CT molecular complexity index is 228. The third-order valence-corrected chi connectivity index (χ3v) is 2.90. The summed E-state index contributed by atoms with van der Waals surface area (Å²) in [6.07, 6.45) is 0. The molecule has 0 N–H and O–H groups in total. The second-order valence-corrected chi connectivity index (χ2v) is 5.36. The quantitative estimate of drug-likeness (QED) is 0.679. The van der Waals surface area contributed by atoms with Gasteiger partial charge in [0, 0.05) is 26.2 Å². The van der Waals surface area contributed by atoms with Crippen LogP contribution in [0, 0.1) is 5.41 Å². The van der Waals surface area contributed by atoms with Crippen molar-refractivity contribution in [2.45, 2.75) is 27.7 Å². The second kappa shape index (κ2) is 5.64. The van der Waals surface area contributed by atoms with Crippen molar-refractivity contribution in [1.29, 1.82) is 0 Å². The Hall–Kier alpha value is -0.610. The van der Waals surface area contributed by atoms with Gasteiger partial charge in [-0.25, -0.2) is 0 Å². The third-order valence-electron chi connectivity index (χ3n) is 2.90. The number of esters is 1. The Morgan fingerprint density at radius 2 is 1.62 bits per heavy atom. The van der Waals surface area contributed by atoms with Gasteiger partial charge < -0.3 is 9.64 Å². The zero-order chi connectivity index (χ0) is 12.2. The minimum Gasteiger partial charge on any atom is -0.449 e. The minimum atomic E-state index is -0.398. The van der Waals surface area contributed by atoms with Gasteiger partial charge in [0.25, 0.3) is 0 Å². The summed E-state index contributed by atoms with van der Waals surface area (Å²) in [6.45, 7) is 13.5. The van der Waals surface area contributed by atoms with E-state index in [2.05, 4.69) is 16.7 Å². The maximum atomic E-state index is 11.6. The number of nitrogens with zero attached hydrogens (tertiary/aromatic N) is 2. The topological polar surface area (TPSA) is 32.8 Å². The fourth-order valence-corrected chi connectivity index (χ4v) is 1.60. The van der Waals surface area contributed by atoms with Crippen LogP contribution < -0.4 is 0 Å². The van der Waals surface area contributed by atoms with Gasteiger partial charge >= 0.3 is 5.97 Å². The van der Waals surface area contributed by atoms with Gasteiger partial charge in [-0.2, -0.15) is 0 Å². The van der Waals surface area contributed by atoms with Crippen LogP contribution >= 0.6 is 0 Å². The molecule has 1 heterocycles. The first kappa shape index (κ1) is 13.5. The van der Waals surface area contributed by atoms with E-state index in [1.165, 1.54) is 0 Å². The predicted molar refractivity (Wildman–Crippen MR) is 64.1 cm³/mol. The van der Waals surface area contributed by atoms with Crippen molar-refractivity contribution in [3.05, 3.63) is 0 Å². The average molecular weight is 228 g/mol. The third kappa shape index (κ3) is 4.10. The first-order valence-electron chi connectivity index (χ1n) is 6.05. The fraction of sp³-hybridized carbons (Fsp3) is 0.917. The van der Waals surface area contributed by atoms with E-state index in [1.807, 2.05) is 20.8 Å². The Morgan fingerprint density at radius 1 is 1.12 bits per heavy atom. The minimum absolute atomic E-state index is 0.120. The molecule has 0 bridgehead atoms. The van der Waals surface area contributed by atoms with Crippen LogP contribution in [0.3, 0.4) is 0 Å². The summed E-state index contributed by atoms with van der Waals surface area (Å²) in [7, 11) is 0. The SMILES string of the molecule is CCN1CCN(COC(=O)C(C)(C)C)CC1. The summed E-state index contributed by atoms with van der Waals surface area (Å²) < 4.78 is 5.28. The molecule has 1 aliphatic rings. The molecule has 1 saturated heterocycles. The summed E-state index contributed by atoms with van der Waals surface area (Å²) in [5.41, 5.74) is -0.398. The Morgan fingerprint density at radius 3 is 2.06 bits per heavy atom. The zero-order valence-electron chi connectivity index (χ0n) is 11.0. The molecule has 4 nitrogen and oxygen atoms in total. The summed E-state index contributed by atoms with van der Waals surface area (Å²) >= 11 is 0. The van der Waals surface area contributed by atoms with Crippen LogP contribution in [-0.4, -0.2) is 55.2 Å². The monoisotopic (exact) mass is 228 g/mol. The number of carbonyl (C=O) groups excluding carboxylic acids is 1. The standard InChI is InChI=1S/C12H24N2O2/c1-5-13-6-8-14(9-7-13)10-16-11(15)12(2,3)4/h5-10H2,1-4H3. The highest BCUT2D eigenvalue weighted by Gasteiger charge is 2.24. The molecule has 0 amide bonds. The van der Waals surface area contributed by atoms with Gasteiger partial charge in [0.2, 0.25) is 0 Å². The van der Waals surface area contributed by atoms with Crippen LogP contribution in [-0.2, 0) is 9.53 Å². The smallest absolute Gasteiger partial charge is 0.312 e. The molecule has 94 valence electrons. The van der Waals surface area contributed by atoms with Gasteiger partial charge in [0.15, 0.2) is 0 Å². The highest BCUT2D eigenvalue weighted by molar-refractivity contribution is 5.75. The second-order valence-electron chi connectivity index (χ2n) is 5.36. The van der Waals surface area contributed by atoms with Crippen LogP contribution in [0.2, 0.25) is 0 Å². The van der Waals surface area contributed by atoms with Crippen LogP contribution in [0.1, 0.15) is 27.7 Å². The Kier molecular flexibility index (Phi) is 4.74. The van der Waals surface area contributed by atoms with Crippen molar-refractivity contribution in [2.75, 3.05) is 39.5 Å². The number of likely N-dealkylation sites (N-methyl/N-ethyl adjacent to an activating group) is 1. The lowest BCUT2D eigenvalue weighted by Gasteiger charge is -2.33. The lowest BCUT2D eigenvalue weighted by atomic mass is 9.98. The molecule has 0 atom stereocenters. The van der Waals surface area contributed by atoms with E-state index >= 15 is 0 Å². The van der Waals surface area contributed by atoms with Gasteiger partial charge in [-0.15, -0.1) is 0 Å². The van der Waals surface area contributed by atoms with Crippen molar-refractivity contribution < 1.29 is 9.53 Å². The predicted octanol–water partition coefficient (Wildman–Crippen LogP) is 1.17. The normalized spacial score (nSPS) is 19.8. The van der Waals surface area contributed by atoms with E-state index in [0.717, 1.165) is 32.7 Å². The molecule has 0 aromatic carbocycles. The zero-order valence-corrected chi connectivity index (χ0v) is 11.0. The first-order valence-corrected chi connectivity index (χ1v) is 6.05.